The minimum Gasteiger partial charge on any atom is -0.317 e. The van der Waals surface area contributed by atoms with Crippen molar-refractivity contribution in [2.45, 2.75) is 30.3 Å². The van der Waals surface area contributed by atoms with Gasteiger partial charge >= 0.3 is 0 Å². The summed E-state index contributed by atoms with van der Waals surface area (Å²) in [5, 5.41) is 9.72. The molecule has 0 bridgehead atoms. The maximum atomic E-state index is 11.3. The number of nitrogens with zero attached hydrogens (tertiary/aromatic N) is 1. The number of rotatable bonds is 3. The van der Waals surface area contributed by atoms with Crippen molar-refractivity contribution in [1.29, 1.82) is 0 Å². The number of carbonyl (C=O) groups excluding carboxylic acids is 1. The van der Waals surface area contributed by atoms with Crippen molar-refractivity contribution < 1.29 is 4.79 Å². The maximum Gasteiger partial charge on any atom is 0.235 e. The standard InChI is InChI=1S/C13H18N4OS/c18-12-8-19-11-2-1-10(16-13(11)17-12)7-15-9-3-5-14-6-4-9/h1-2,9,14-15H,3-8H2,(H,16,17,18). The van der Waals surface area contributed by atoms with E-state index in [4.69, 9.17) is 0 Å². The third kappa shape index (κ3) is 3.26. The van der Waals surface area contributed by atoms with Crippen LogP contribution in [0.25, 0.3) is 0 Å². The molecular formula is C13H18N4OS. The van der Waals surface area contributed by atoms with Gasteiger partial charge in [-0.25, -0.2) is 4.98 Å². The molecule has 0 spiro atoms. The first-order chi connectivity index (χ1) is 9.31. The summed E-state index contributed by atoms with van der Waals surface area (Å²) in [7, 11) is 0. The van der Waals surface area contributed by atoms with Gasteiger partial charge in [-0.05, 0) is 38.1 Å². The van der Waals surface area contributed by atoms with Crippen LogP contribution in [0.3, 0.4) is 0 Å². The Morgan fingerprint density at radius 2 is 2.21 bits per heavy atom. The number of fused-ring (bicyclic) bond motifs is 1. The van der Waals surface area contributed by atoms with Crippen LogP contribution in [0.4, 0.5) is 5.82 Å². The van der Waals surface area contributed by atoms with Crippen molar-refractivity contribution in [3.8, 4) is 0 Å². The first-order valence-corrected chi connectivity index (χ1v) is 7.66. The van der Waals surface area contributed by atoms with E-state index in [1.807, 2.05) is 12.1 Å². The van der Waals surface area contributed by atoms with Gasteiger partial charge in [0.05, 0.1) is 16.3 Å². The molecule has 0 aliphatic carbocycles. The fourth-order valence-corrected chi connectivity index (χ4v) is 3.13. The van der Waals surface area contributed by atoms with Crippen LogP contribution in [0.5, 0.6) is 0 Å². The first-order valence-electron chi connectivity index (χ1n) is 6.68. The van der Waals surface area contributed by atoms with Gasteiger partial charge < -0.3 is 16.0 Å². The highest BCUT2D eigenvalue weighted by molar-refractivity contribution is 8.00. The molecule has 2 aliphatic rings. The Balaban J connectivity index is 1.61. The third-order valence-corrected chi connectivity index (χ3v) is 4.49. The summed E-state index contributed by atoms with van der Waals surface area (Å²) < 4.78 is 0. The van der Waals surface area contributed by atoms with Crippen LogP contribution in [0.2, 0.25) is 0 Å². The molecule has 2 aliphatic heterocycles. The second-order valence-corrected chi connectivity index (χ2v) is 5.91. The molecule has 1 saturated heterocycles. The monoisotopic (exact) mass is 278 g/mol. The van der Waals surface area contributed by atoms with E-state index in [9.17, 15) is 4.79 Å². The average molecular weight is 278 g/mol. The van der Waals surface area contributed by atoms with Gasteiger partial charge in [-0.15, -0.1) is 11.8 Å². The molecule has 19 heavy (non-hydrogen) atoms. The highest BCUT2D eigenvalue weighted by atomic mass is 32.2. The highest BCUT2D eigenvalue weighted by Gasteiger charge is 2.17. The van der Waals surface area contributed by atoms with Gasteiger partial charge in [-0.2, -0.15) is 0 Å². The van der Waals surface area contributed by atoms with Crippen LogP contribution >= 0.6 is 11.8 Å². The molecule has 1 amide bonds. The van der Waals surface area contributed by atoms with Crippen LogP contribution in [0.1, 0.15) is 18.5 Å². The van der Waals surface area contributed by atoms with Crippen LogP contribution in [0.15, 0.2) is 17.0 Å². The first kappa shape index (κ1) is 12.9. The third-order valence-electron chi connectivity index (χ3n) is 3.44. The number of amides is 1. The van der Waals surface area contributed by atoms with E-state index in [-0.39, 0.29) is 5.91 Å². The SMILES string of the molecule is O=C1CSc2ccc(CNC3CCNCC3)nc2N1. The van der Waals surface area contributed by atoms with Gasteiger partial charge in [0.2, 0.25) is 5.91 Å². The number of anilines is 1. The molecular weight excluding hydrogens is 260 g/mol. The second-order valence-electron chi connectivity index (χ2n) is 4.89. The summed E-state index contributed by atoms with van der Waals surface area (Å²) >= 11 is 1.55. The Morgan fingerprint density at radius 3 is 3.05 bits per heavy atom. The van der Waals surface area contributed by atoms with Gasteiger partial charge in [0.15, 0.2) is 0 Å². The summed E-state index contributed by atoms with van der Waals surface area (Å²) in [6.07, 6.45) is 2.33. The van der Waals surface area contributed by atoms with Crippen LogP contribution in [-0.2, 0) is 11.3 Å². The zero-order chi connectivity index (χ0) is 13.1. The molecule has 6 heteroatoms. The van der Waals surface area contributed by atoms with Crippen LogP contribution in [0, 0.1) is 0 Å². The molecule has 0 radical (unpaired) electrons. The molecule has 3 N–H and O–H groups in total. The van der Waals surface area contributed by atoms with E-state index >= 15 is 0 Å². The van der Waals surface area contributed by atoms with E-state index < -0.39 is 0 Å². The molecule has 3 rings (SSSR count). The average Bonchev–Trinajstić information content (AvgIpc) is 2.46. The summed E-state index contributed by atoms with van der Waals surface area (Å²) in [4.78, 5) is 16.9. The number of aromatic nitrogens is 1. The van der Waals surface area contributed by atoms with E-state index in [1.165, 1.54) is 0 Å². The Kier molecular flexibility index (Phi) is 4.00. The van der Waals surface area contributed by atoms with Crippen LogP contribution in [-0.4, -0.2) is 35.8 Å². The van der Waals surface area contributed by atoms with E-state index in [0.717, 1.165) is 43.1 Å². The molecule has 5 nitrogen and oxygen atoms in total. The van der Waals surface area contributed by atoms with E-state index in [1.54, 1.807) is 11.8 Å². The van der Waals surface area contributed by atoms with Gasteiger partial charge in [-0.3, -0.25) is 4.79 Å². The normalized spacial score (nSPS) is 19.9. The zero-order valence-electron chi connectivity index (χ0n) is 10.7. The fourth-order valence-electron chi connectivity index (χ4n) is 2.38. The van der Waals surface area contributed by atoms with Crippen molar-refractivity contribution >= 4 is 23.5 Å². The van der Waals surface area contributed by atoms with Gasteiger partial charge in [0, 0.05) is 12.6 Å². The van der Waals surface area contributed by atoms with Gasteiger partial charge in [-0.1, -0.05) is 0 Å². The Labute approximate surface area is 116 Å². The molecule has 1 aromatic rings. The quantitative estimate of drug-likeness (QED) is 0.769. The zero-order valence-corrected chi connectivity index (χ0v) is 11.6. The van der Waals surface area contributed by atoms with E-state index in [0.29, 0.717) is 17.6 Å². The number of nitrogens with one attached hydrogen (secondary N) is 3. The Morgan fingerprint density at radius 1 is 1.37 bits per heavy atom. The van der Waals surface area contributed by atoms with Gasteiger partial charge in [0.25, 0.3) is 0 Å². The number of carbonyl (C=O) groups is 1. The van der Waals surface area contributed by atoms with Gasteiger partial charge in [0.1, 0.15) is 5.82 Å². The minimum atomic E-state index is 0.0356. The van der Waals surface area contributed by atoms with Crippen LogP contribution < -0.4 is 16.0 Å². The van der Waals surface area contributed by atoms with Crippen molar-refractivity contribution in [3.63, 3.8) is 0 Å². The number of pyridine rings is 1. The molecule has 0 aromatic carbocycles. The molecule has 3 heterocycles. The fraction of sp³-hybridized carbons (Fsp3) is 0.538. The lowest BCUT2D eigenvalue weighted by Crippen LogP contribution is -2.39. The van der Waals surface area contributed by atoms with Crippen molar-refractivity contribution in [2.75, 3.05) is 24.2 Å². The molecule has 1 aromatic heterocycles. The Hall–Kier alpha value is -1.11. The summed E-state index contributed by atoms with van der Waals surface area (Å²) in [6.45, 7) is 2.93. The lowest BCUT2D eigenvalue weighted by Gasteiger charge is -2.24. The minimum absolute atomic E-state index is 0.0356. The maximum absolute atomic E-state index is 11.3. The number of hydrogen-bond donors (Lipinski definition) is 3. The van der Waals surface area contributed by atoms with Crippen molar-refractivity contribution in [1.82, 2.24) is 15.6 Å². The highest BCUT2D eigenvalue weighted by Crippen LogP contribution is 2.29. The van der Waals surface area contributed by atoms with Crippen molar-refractivity contribution in [2.24, 2.45) is 0 Å². The largest absolute Gasteiger partial charge is 0.317 e. The summed E-state index contributed by atoms with van der Waals surface area (Å²) in [6, 6.07) is 4.66. The van der Waals surface area contributed by atoms with E-state index in [2.05, 4.69) is 20.9 Å². The number of hydrogen-bond acceptors (Lipinski definition) is 5. The lowest BCUT2D eigenvalue weighted by molar-refractivity contribution is -0.113. The molecule has 102 valence electrons. The smallest absolute Gasteiger partial charge is 0.235 e. The molecule has 0 atom stereocenters. The Bertz CT molecular complexity index is 474. The lowest BCUT2D eigenvalue weighted by atomic mass is 10.1. The number of thioether (sulfide) groups is 1. The van der Waals surface area contributed by atoms with Crippen molar-refractivity contribution in [3.05, 3.63) is 17.8 Å². The summed E-state index contributed by atoms with van der Waals surface area (Å²) in [5.41, 5.74) is 0.986. The molecule has 1 fully saturated rings. The number of piperidine rings is 1. The second kappa shape index (κ2) is 5.90. The predicted molar refractivity (Wildman–Crippen MR) is 76.3 cm³/mol. The molecule has 0 unspecified atom stereocenters. The topological polar surface area (TPSA) is 66.0 Å². The summed E-state index contributed by atoms with van der Waals surface area (Å²) in [5.74, 6) is 1.24. The predicted octanol–water partition coefficient (Wildman–Crippen LogP) is 0.967. The molecule has 0 saturated carbocycles.